The highest BCUT2D eigenvalue weighted by Crippen LogP contribution is 2.26. The molecular formula is C26H38N4O. The van der Waals surface area contributed by atoms with Crippen LogP contribution in [0.3, 0.4) is 0 Å². The number of benzene rings is 2. The van der Waals surface area contributed by atoms with Crippen molar-refractivity contribution in [3.05, 3.63) is 65.7 Å². The van der Waals surface area contributed by atoms with Gasteiger partial charge in [-0.05, 0) is 75.1 Å². The van der Waals surface area contributed by atoms with Gasteiger partial charge in [-0.2, -0.15) is 0 Å². The zero-order valence-electron chi connectivity index (χ0n) is 19.0. The van der Waals surface area contributed by atoms with E-state index in [2.05, 4.69) is 52.3 Å². The van der Waals surface area contributed by atoms with E-state index in [-0.39, 0.29) is 6.04 Å². The highest BCUT2D eigenvalue weighted by molar-refractivity contribution is 5.27. The number of methoxy groups -OCH3 is 1. The summed E-state index contributed by atoms with van der Waals surface area (Å²) in [7, 11) is 1.70. The van der Waals surface area contributed by atoms with Crippen molar-refractivity contribution in [3.63, 3.8) is 0 Å². The topological polar surface area (TPSA) is 45.0 Å². The quantitative estimate of drug-likeness (QED) is 0.513. The van der Waals surface area contributed by atoms with Gasteiger partial charge in [-0.1, -0.05) is 48.9 Å². The molecule has 1 atom stereocenters. The molecule has 2 heterocycles. The van der Waals surface area contributed by atoms with Gasteiger partial charge in [-0.15, -0.1) is 0 Å². The van der Waals surface area contributed by atoms with Crippen LogP contribution in [-0.4, -0.2) is 60.7 Å². The number of piperidine rings is 2. The van der Waals surface area contributed by atoms with E-state index in [4.69, 9.17) is 10.6 Å². The molecule has 5 heteroatoms. The summed E-state index contributed by atoms with van der Waals surface area (Å²) < 4.78 is 5.29. The Balaban J connectivity index is 1.38. The Morgan fingerprint density at radius 3 is 2.26 bits per heavy atom. The van der Waals surface area contributed by atoms with Crippen LogP contribution in [0, 0.1) is 0 Å². The Morgan fingerprint density at radius 2 is 1.61 bits per heavy atom. The van der Waals surface area contributed by atoms with Crippen molar-refractivity contribution in [1.29, 1.82) is 0 Å². The molecule has 2 aromatic rings. The van der Waals surface area contributed by atoms with Crippen LogP contribution >= 0.6 is 0 Å². The molecule has 168 valence electrons. The minimum Gasteiger partial charge on any atom is -0.497 e. The van der Waals surface area contributed by atoms with E-state index >= 15 is 0 Å². The van der Waals surface area contributed by atoms with Crippen molar-refractivity contribution >= 4 is 0 Å². The van der Waals surface area contributed by atoms with Gasteiger partial charge in [0.2, 0.25) is 0 Å². The minimum atomic E-state index is 0.176. The Morgan fingerprint density at radius 1 is 0.935 bits per heavy atom. The molecule has 4 rings (SSSR count). The first-order valence-electron chi connectivity index (χ1n) is 11.9. The molecule has 1 unspecified atom stereocenters. The van der Waals surface area contributed by atoms with Crippen molar-refractivity contribution < 1.29 is 4.74 Å². The molecule has 0 saturated carbocycles. The summed E-state index contributed by atoms with van der Waals surface area (Å²) in [6.07, 6.45) is 6.73. The molecule has 0 radical (unpaired) electrons. The smallest absolute Gasteiger partial charge is 0.118 e. The summed E-state index contributed by atoms with van der Waals surface area (Å²) in [4.78, 5) is 5.36. The Kier molecular flexibility index (Phi) is 7.97. The summed E-state index contributed by atoms with van der Waals surface area (Å²) in [5, 5.41) is 2.01. The lowest BCUT2D eigenvalue weighted by molar-refractivity contribution is 0.0695. The van der Waals surface area contributed by atoms with Crippen LogP contribution in [-0.2, 0) is 6.54 Å². The summed E-state index contributed by atoms with van der Waals surface area (Å²) in [6.45, 7) is 6.63. The van der Waals surface area contributed by atoms with Crippen LogP contribution in [0.5, 0.6) is 5.75 Å². The molecule has 0 aromatic heterocycles. The third-order valence-corrected chi connectivity index (χ3v) is 7.00. The van der Waals surface area contributed by atoms with Crippen LogP contribution in [0.2, 0.25) is 0 Å². The van der Waals surface area contributed by atoms with Gasteiger partial charge in [0.05, 0.1) is 13.2 Å². The Hall–Kier alpha value is -1.92. The molecule has 0 bridgehead atoms. The zero-order valence-corrected chi connectivity index (χ0v) is 19.0. The molecule has 31 heavy (non-hydrogen) atoms. The highest BCUT2D eigenvalue weighted by Gasteiger charge is 2.28. The average molecular weight is 423 g/mol. The predicted molar refractivity (Wildman–Crippen MR) is 127 cm³/mol. The molecule has 0 spiro atoms. The first-order valence-corrected chi connectivity index (χ1v) is 11.9. The predicted octanol–water partition coefficient (Wildman–Crippen LogP) is 4.06. The minimum absolute atomic E-state index is 0.176. The number of hydrazine groups is 1. The van der Waals surface area contributed by atoms with E-state index in [0.29, 0.717) is 6.54 Å². The van der Waals surface area contributed by atoms with Gasteiger partial charge in [0.15, 0.2) is 0 Å². The first-order chi connectivity index (χ1) is 15.2. The maximum absolute atomic E-state index is 6.68. The van der Waals surface area contributed by atoms with Gasteiger partial charge in [-0.25, -0.2) is 5.01 Å². The second-order valence-corrected chi connectivity index (χ2v) is 9.08. The molecule has 0 aliphatic carbocycles. The van der Waals surface area contributed by atoms with Gasteiger partial charge in [0, 0.05) is 19.1 Å². The number of ether oxygens (including phenoxy) is 1. The third-order valence-electron chi connectivity index (χ3n) is 7.00. The monoisotopic (exact) mass is 422 g/mol. The van der Waals surface area contributed by atoms with Gasteiger partial charge in [0.1, 0.15) is 5.75 Å². The summed E-state index contributed by atoms with van der Waals surface area (Å²) in [5.74, 6) is 7.56. The number of hydrogen-bond donors (Lipinski definition) is 1. The van der Waals surface area contributed by atoms with E-state index in [1.54, 1.807) is 7.11 Å². The van der Waals surface area contributed by atoms with Crippen LogP contribution in [0.4, 0.5) is 0 Å². The lowest BCUT2D eigenvalue weighted by atomic mass is 9.98. The SMILES string of the molecule is COc1ccc(CN(N)C(CN2CCC(N3CCCCC3)CC2)c2ccccc2)cc1. The van der Waals surface area contributed by atoms with Gasteiger partial charge in [-0.3, -0.25) is 5.84 Å². The number of nitrogens with zero attached hydrogens (tertiary/aromatic N) is 3. The normalized spacial score (nSPS) is 20.1. The Bertz CT molecular complexity index is 768. The summed E-state index contributed by atoms with van der Waals surface area (Å²) in [5.41, 5.74) is 2.49. The van der Waals surface area contributed by atoms with Gasteiger partial charge in [0.25, 0.3) is 0 Å². The van der Waals surface area contributed by atoms with Crippen LogP contribution in [0.25, 0.3) is 0 Å². The lowest BCUT2D eigenvalue weighted by Crippen LogP contribution is -2.49. The average Bonchev–Trinajstić information content (AvgIpc) is 2.84. The largest absolute Gasteiger partial charge is 0.497 e. The van der Waals surface area contributed by atoms with Crippen molar-refractivity contribution in [2.45, 2.75) is 50.7 Å². The molecule has 5 nitrogen and oxygen atoms in total. The molecule has 2 aliphatic rings. The number of nitrogens with two attached hydrogens (primary N) is 1. The number of hydrogen-bond acceptors (Lipinski definition) is 5. The molecule has 2 N–H and O–H groups in total. The van der Waals surface area contributed by atoms with Crippen molar-refractivity contribution in [2.24, 2.45) is 5.84 Å². The fourth-order valence-corrected chi connectivity index (χ4v) is 5.12. The van der Waals surface area contributed by atoms with Crippen LogP contribution < -0.4 is 10.6 Å². The Labute approximate surface area is 187 Å². The molecule has 2 fully saturated rings. The van der Waals surface area contributed by atoms with Crippen LogP contribution in [0.1, 0.15) is 49.3 Å². The third kappa shape index (κ3) is 6.07. The van der Waals surface area contributed by atoms with Crippen molar-refractivity contribution in [1.82, 2.24) is 14.8 Å². The second kappa shape index (κ2) is 11.1. The van der Waals surface area contributed by atoms with E-state index in [1.165, 1.54) is 69.4 Å². The van der Waals surface area contributed by atoms with E-state index < -0.39 is 0 Å². The van der Waals surface area contributed by atoms with Crippen LogP contribution in [0.15, 0.2) is 54.6 Å². The second-order valence-electron chi connectivity index (χ2n) is 9.08. The molecular weight excluding hydrogens is 384 g/mol. The van der Waals surface area contributed by atoms with Gasteiger partial charge >= 0.3 is 0 Å². The maximum Gasteiger partial charge on any atom is 0.118 e. The maximum atomic E-state index is 6.68. The van der Waals surface area contributed by atoms with Crippen molar-refractivity contribution in [2.75, 3.05) is 39.8 Å². The summed E-state index contributed by atoms with van der Waals surface area (Å²) in [6, 6.07) is 19.9. The highest BCUT2D eigenvalue weighted by atomic mass is 16.5. The fraction of sp³-hybridized carbons (Fsp3) is 0.538. The first kappa shape index (κ1) is 22.3. The molecule has 2 aliphatic heterocycles. The summed E-state index contributed by atoms with van der Waals surface area (Å²) >= 11 is 0. The zero-order chi connectivity index (χ0) is 21.5. The lowest BCUT2D eigenvalue weighted by Gasteiger charge is -2.42. The van der Waals surface area contributed by atoms with Gasteiger partial charge < -0.3 is 14.5 Å². The molecule has 2 saturated heterocycles. The van der Waals surface area contributed by atoms with E-state index in [9.17, 15) is 0 Å². The van der Waals surface area contributed by atoms with Crippen molar-refractivity contribution in [3.8, 4) is 5.75 Å². The van der Waals surface area contributed by atoms with E-state index in [0.717, 1.165) is 18.3 Å². The van der Waals surface area contributed by atoms with E-state index in [1.807, 2.05) is 17.1 Å². The number of rotatable bonds is 8. The standard InChI is InChI=1S/C26H38N4O/c1-31-25-12-10-22(11-13-25)20-30(27)26(23-8-4-2-5-9-23)21-28-18-14-24(15-19-28)29-16-6-3-7-17-29/h2,4-5,8-13,24,26H,3,6-7,14-21,27H2,1H3. The number of likely N-dealkylation sites (tertiary alicyclic amines) is 2. The fourth-order valence-electron chi connectivity index (χ4n) is 5.12. The molecule has 0 amide bonds. The molecule has 2 aromatic carbocycles.